The Hall–Kier alpha value is -3.27. The molecular weight excluding hydrogens is 454 g/mol. The van der Waals surface area contributed by atoms with Gasteiger partial charge in [-0.1, -0.05) is 81.8 Å². The van der Waals surface area contributed by atoms with Gasteiger partial charge in [0.15, 0.2) is 0 Å². The second-order valence-electron chi connectivity index (χ2n) is 8.27. The van der Waals surface area contributed by atoms with E-state index in [1.54, 1.807) is 0 Å². The van der Waals surface area contributed by atoms with Gasteiger partial charge < -0.3 is 15.5 Å². The van der Waals surface area contributed by atoms with Crippen LogP contribution in [0.3, 0.4) is 0 Å². The molecule has 4 heteroatoms. The number of hydrogen-bond donors (Lipinski definition) is 2. The van der Waals surface area contributed by atoms with E-state index in [9.17, 15) is 4.79 Å². The molecule has 0 aromatic heterocycles. The quantitative estimate of drug-likeness (QED) is 0.223. The van der Waals surface area contributed by atoms with Gasteiger partial charge in [0.2, 0.25) is 0 Å². The molecule has 0 unspecified atom stereocenters. The number of rotatable bonds is 12. The Morgan fingerprint density at radius 1 is 0.946 bits per heavy atom. The number of aryl methyl sites for hydroxylation is 1. The van der Waals surface area contributed by atoms with Gasteiger partial charge >= 0.3 is 6.03 Å². The molecule has 0 aliphatic rings. The van der Waals surface area contributed by atoms with E-state index in [0.29, 0.717) is 13.1 Å². The first-order chi connectivity index (χ1) is 18.0. The van der Waals surface area contributed by atoms with Crippen LogP contribution in [0.2, 0.25) is 0 Å². The summed E-state index contributed by atoms with van der Waals surface area (Å²) in [7, 11) is 0. The zero-order valence-corrected chi connectivity index (χ0v) is 24.4. The number of para-hydroxylation sites is 1. The van der Waals surface area contributed by atoms with Crippen LogP contribution in [0.1, 0.15) is 78.4 Å². The minimum absolute atomic E-state index is 0.0802. The topological polar surface area (TPSA) is 44.4 Å². The number of unbranched alkanes of at least 4 members (excludes halogenated alkanes) is 1. The minimum Gasteiger partial charge on any atom is -0.385 e. The van der Waals surface area contributed by atoms with E-state index in [0.717, 1.165) is 43.6 Å². The first kappa shape index (κ1) is 33.7. The lowest BCUT2D eigenvalue weighted by atomic mass is 9.99. The molecule has 0 saturated heterocycles. The summed E-state index contributed by atoms with van der Waals surface area (Å²) in [5.41, 5.74) is 5.48. The number of benzene rings is 2. The summed E-state index contributed by atoms with van der Waals surface area (Å²) in [6, 6.07) is 15.9. The summed E-state index contributed by atoms with van der Waals surface area (Å²) in [6.45, 7) is 20.2. The predicted octanol–water partition coefficient (Wildman–Crippen LogP) is 9.72. The number of nitrogens with one attached hydrogen (secondary N) is 2. The summed E-state index contributed by atoms with van der Waals surface area (Å²) in [5, 5.41) is 6.43. The number of likely N-dealkylation sites (N-methyl/N-ethyl adjacent to an activating group) is 1. The van der Waals surface area contributed by atoms with Crippen molar-refractivity contribution in [2.75, 3.05) is 30.3 Å². The van der Waals surface area contributed by atoms with Crippen molar-refractivity contribution >= 4 is 23.0 Å². The van der Waals surface area contributed by atoms with Crippen molar-refractivity contribution in [3.63, 3.8) is 0 Å². The van der Waals surface area contributed by atoms with Crippen molar-refractivity contribution in [2.24, 2.45) is 0 Å². The number of anilines is 2. The van der Waals surface area contributed by atoms with E-state index >= 15 is 0 Å². The van der Waals surface area contributed by atoms with Crippen molar-refractivity contribution in [2.45, 2.75) is 74.1 Å². The lowest BCUT2D eigenvalue weighted by molar-refractivity contribution is 0.220. The third-order valence-corrected chi connectivity index (χ3v) is 5.33. The molecule has 4 nitrogen and oxygen atoms in total. The molecule has 2 aromatic rings. The first-order valence-electron chi connectivity index (χ1n) is 13.9. The van der Waals surface area contributed by atoms with Gasteiger partial charge in [-0.2, -0.15) is 0 Å². The fourth-order valence-corrected chi connectivity index (χ4v) is 3.53. The van der Waals surface area contributed by atoms with Gasteiger partial charge in [0.25, 0.3) is 0 Å². The maximum Gasteiger partial charge on any atom is 0.322 e. The molecule has 0 aliphatic carbocycles. The number of allylic oxidation sites excluding steroid dienone is 4. The molecule has 2 N–H and O–H groups in total. The van der Waals surface area contributed by atoms with Gasteiger partial charge in [0.05, 0.1) is 0 Å². The third kappa shape index (κ3) is 14.2. The summed E-state index contributed by atoms with van der Waals surface area (Å²) in [4.78, 5) is 14.6. The molecule has 0 heterocycles. The van der Waals surface area contributed by atoms with Gasteiger partial charge in [-0.25, -0.2) is 4.79 Å². The predicted molar refractivity (Wildman–Crippen MR) is 167 cm³/mol. The smallest absolute Gasteiger partial charge is 0.322 e. The van der Waals surface area contributed by atoms with Gasteiger partial charge in [-0.05, 0) is 76.3 Å². The second-order valence-corrected chi connectivity index (χ2v) is 8.27. The number of amides is 2. The molecular formula is C33H51N3O. The number of carbonyl (C=O) groups excluding carboxylic acids is 1. The highest BCUT2D eigenvalue weighted by Gasteiger charge is 2.16. The maximum absolute atomic E-state index is 12.8. The summed E-state index contributed by atoms with van der Waals surface area (Å²) >= 11 is 0. The Balaban J connectivity index is 0.00000111. The average molecular weight is 506 g/mol. The zero-order chi connectivity index (χ0) is 27.9. The molecule has 0 radical (unpaired) electrons. The van der Waals surface area contributed by atoms with Gasteiger partial charge in [-0.15, -0.1) is 6.58 Å². The lowest BCUT2D eigenvalue weighted by Gasteiger charge is -2.24. The maximum atomic E-state index is 12.8. The second kappa shape index (κ2) is 22.0. The molecule has 0 bridgehead atoms. The number of nitrogens with zero attached hydrogens (tertiary/aromatic N) is 1. The third-order valence-electron chi connectivity index (χ3n) is 5.33. The fraction of sp³-hybridized carbons (Fsp3) is 0.424. The van der Waals surface area contributed by atoms with E-state index in [4.69, 9.17) is 0 Å². The van der Waals surface area contributed by atoms with E-state index in [1.807, 2.05) is 62.1 Å². The molecule has 2 aromatic carbocycles. The van der Waals surface area contributed by atoms with Crippen molar-refractivity contribution < 1.29 is 4.79 Å². The van der Waals surface area contributed by atoms with Gasteiger partial charge in [0.1, 0.15) is 0 Å². The Bertz CT molecular complexity index is 932. The van der Waals surface area contributed by atoms with E-state index in [1.165, 1.54) is 16.7 Å². The standard InChI is InChI=1S/C23H31N3O.C8H14.C2H6/c1-5-11-19(21-16-18(4)14-15-22(21)24-6-2)17-26(7-3)23(27)25-20-12-9-8-10-13-20;1-3-5-7-8-6-4-2;1-2/h8-16,24H,5-7,17H2,1-4H3,(H,25,27);3,6,8H,1,4-5,7H2,2H3;1-2H3/b19-11+;8-6-;. The monoisotopic (exact) mass is 505 g/mol. The Morgan fingerprint density at radius 2 is 1.65 bits per heavy atom. The van der Waals surface area contributed by atoms with E-state index < -0.39 is 0 Å². The van der Waals surface area contributed by atoms with Gasteiger partial charge in [-0.3, -0.25) is 0 Å². The van der Waals surface area contributed by atoms with Crippen LogP contribution in [0.15, 0.2) is 79.4 Å². The van der Waals surface area contributed by atoms with Crippen LogP contribution in [0.25, 0.3) is 5.57 Å². The van der Waals surface area contributed by atoms with Crippen molar-refractivity contribution in [1.29, 1.82) is 0 Å². The first-order valence-corrected chi connectivity index (χ1v) is 13.9. The summed E-state index contributed by atoms with van der Waals surface area (Å²) in [6.07, 6.45) is 12.9. The molecule has 2 amide bonds. The van der Waals surface area contributed by atoms with Crippen LogP contribution in [-0.4, -0.2) is 30.6 Å². The number of hydrogen-bond acceptors (Lipinski definition) is 2. The van der Waals surface area contributed by atoms with Crippen molar-refractivity contribution in [3.05, 3.63) is 90.5 Å². The SMILES string of the molecule is C=CCC/C=C\CC.CC.CC/C=C(\CN(CC)C(=O)Nc1ccccc1)c1cc(C)ccc1NCC. The molecule has 0 fully saturated rings. The highest BCUT2D eigenvalue weighted by Crippen LogP contribution is 2.27. The molecule has 204 valence electrons. The Kier molecular flexibility index (Phi) is 20.0. The van der Waals surface area contributed by atoms with Gasteiger partial charge in [0, 0.05) is 36.6 Å². The van der Waals surface area contributed by atoms with Crippen molar-refractivity contribution in [1.82, 2.24) is 4.90 Å². The average Bonchev–Trinajstić information content (AvgIpc) is 2.92. The van der Waals surface area contributed by atoms with E-state index in [-0.39, 0.29) is 6.03 Å². The van der Waals surface area contributed by atoms with Crippen LogP contribution < -0.4 is 10.6 Å². The Labute approximate surface area is 227 Å². The summed E-state index contributed by atoms with van der Waals surface area (Å²) in [5.74, 6) is 0. The van der Waals surface area contributed by atoms with Crippen LogP contribution in [0.5, 0.6) is 0 Å². The van der Waals surface area contributed by atoms with E-state index in [2.05, 4.69) is 81.3 Å². The largest absolute Gasteiger partial charge is 0.385 e. The van der Waals surface area contributed by atoms with Crippen LogP contribution >= 0.6 is 0 Å². The lowest BCUT2D eigenvalue weighted by Crippen LogP contribution is -2.36. The summed E-state index contributed by atoms with van der Waals surface area (Å²) < 4.78 is 0. The highest BCUT2D eigenvalue weighted by molar-refractivity contribution is 5.91. The highest BCUT2D eigenvalue weighted by atomic mass is 16.2. The van der Waals surface area contributed by atoms with Crippen LogP contribution in [0, 0.1) is 6.92 Å². The molecule has 0 spiro atoms. The van der Waals surface area contributed by atoms with Crippen molar-refractivity contribution in [3.8, 4) is 0 Å². The molecule has 0 aliphatic heterocycles. The Morgan fingerprint density at radius 3 is 2.22 bits per heavy atom. The normalized spacial score (nSPS) is 10.5. The zero-order valence-electron chi connectivity index (χ0n) is 24.4. The van der Waals surface area contributed by atoms with Crippen LogP contribution in [-0.2, 0) is 0 Å². The fourth-order valence-electron chi connectivity index (χ4n) is 3.53. The number of urea groups is 1. The number of carbonyl (C=O) groups is 1. The van der Waals surface area contributed by atoms with Crippen LogP contribution in [0.4, 0.5) is 16.2 Å². The molecule has 0 atom stereocenters. The minimum atomic E-state index is -0.0802. The molecule has 0 saturated carbocycles. The molecule has 37 heavy (non-hydrogen) atoms. The molecule has 2 rings (SSSR count).